The molecule has 1 aromatic heterocycles. The molecule has 2 heteroatoms. The molecule has 0 aliphatic rings. The molecule has 0 saturated carbocycles. The van der Waals surface area contributed by atoms with E-state index in [-0.39, 0.29) is 0 Å². The van der Waals surface area contributed by atoms with Crippen LogP contribution in [0.15, 0.2) is 36.7 Å². The number of aliphatic hydroxyl groups is 1. The number of pyridine rings is 1. The summed E-state index contributed by atoms with van der Waals surface area (Å²) in [5.41, 5.74) is 0.175. The van der Waals surface area contributed by atoms with E-state index in [9.17, 15) is 5.11 Å². The lowest BCUT2D eigenvalue weighted by Crippen LogP contribution is -2.30. The molecular formula is C18H25NO. The molecule has 0 fully saturated rings. The zero-order valence-electron chi connectivity index (χ0n) is 12.9. The largest absolute Gasteiger partial charge is 0.385 e. The Morgan fingerprint density at radius 2 is 1.60 bits per heavy atom. The van der Waals surface area contributed by atoms with Crippen molar-refractivity contribution >= 4 is 10.8 Å². The van der Waals surface area contributed by atoms with Gasteiger partial charge in [0.2, 0.25) is 0 Å². The van der Waals surface area contributed by atoms with Crippen LogP contribution in [0.4, 0.5) is 0 Å². The second-order valence-corrected chi connectivity index (χ2v) is 6.64. The van der Waals surface area contributed by atoms with Crippen molar-refractivity contribution in [2.45, 2.75) is 46.1 Å². The smallest absolute Gasteiger partial charge is 0.0922 e. The van der Waals surface area contributed by atoms with Crippen LogP contribution in [0, 0.1) is 11.8 Å². The van der Waals surface area contributed by atoms with E-state index < -0.39 is 5.60 Å². The van der Waals surface area contributed by atoms with Crippen LogP contribution in [0.1, 0.15) is 46.1 Å². The second kappa shape index (κ2) is 5.92. The second-order valence-electron chi connectivity index (χ2n) is 6.64. The summed E-state index contributed by atoms with van der Waals surface area (Å²) in [7, 11) is 0. The average molecular weight is 271 g/mol. The highest BCUT2D eigenvalue weighted by atomic mass is 16.3. The molecule has 1 aromatic carbocycles. The first-order valence-corrected chi connectivity index (χ1v) is 7.48. The number of benzene rings is 1. The minimum Gasteiger partial charge on any atom is -0.385 e. The lowest BCUT2D eigenvalue weighted by Gasteiger charge is -2.33. The Hall–Kier alpha value is -1.41. The van der Waals surface area contributed by atoms with Gasteiger partial charge in [-0.15, -0.1) is 0 Å². The van der Waals surface area contributed by atoms with Gasteiger partial charge in [-0.25, -0.2) is 0 Å². The Morgan fingerprint density at radius 1 is 1.00 bits per heavy atom. The predicted octanol–water partition coefficient (Wildman–Crippen LogP) is 4.51. The summed E-state index contributed by atoms with van der Waals surface area (Å²) in [6, 6.07) is 8.17. The van der Waals surface area contributed by atoms with E-state index in [0.29, 0.717) is 11.8 Å². The van der Waals surface area contributed by atoms with Crippen molar-refractivity contribution in [2.75, 3.05) is 0 Å². The number of rotatable bonds is 5. The van der Waals surface area contributed by atoms with Gasteiger partial charge in [0.15, 0.2) is 0 Å². The van der Waals surface area contributed by atoms with Crippen molar-refractivity contribution in [3.05, 3.63) is 42.2 Å². The summed E-state index contributed by atoms with van der Waals surface area (Å²) < 4.78 is 0. The van der Waals surface area contributed by atoms with Gasteiger partial charge in [0.05, 0.1) is 5.60 Å². The normalized spacial score (nSPS) is 12.6. The highest BCUT2D eigenvalue weighted by molar-refractivity contribution is 5.85. The van der Waals surface area contributed by atoms with Crippen LogP contribution < -0.4 is 0 Å². The Balaban J connectivity index is 2.56. The van der Waals surface area contributed by atoms with Gasteiger partial charge >= 0.3 is 0 Å². The zero-order valence-corrected chi connectivity index (χ0v) is 12.9. The molecule has 2 aromatic rings. The maximum Gasteiger partial charge on any atom is 0.0922 e. The van der Waals surface area contributed by atoms with Gasteiger partial charge in [-0.3, -0.25) is 4.98 Å². The van der Waals surface area contributed by atoms with E-state index in [2.05, 4.69) is 44.8 Å². The van der Waals surface area contributed by atoms with E-state index in [1.807, 2.05) is 24.5 Å². The molecule has 20 heavy (non-hydrogen) atoms. The van der Waals surface area contributed by atoms with Crippen LogP contribution in [0.25, 0.3) is 10.8 Å². The van der Waals surface area contributed by atoms with E-state index in [1.54, 1.807) is 0 Å². The van der Waals surface area contributed by atoms with Crippen molar-refractivity contribution in [3.63, 3.8) is 0 Å². The van der Waals surface area contributed by atoms with Gasteiger partial charge in [-0.2, -0.15) is 0 Å². The van der Waals surface area contributed by atoms with Gasteiger partial charge in [0, 0.05) is 23.3 Å². The molecule has 1 heterocycles. The first-order valence-electron chi connectivity index (χ1n) is 7.48. The fourth-order valence-corrected chi connectivity index (χ4v) is 3.14. The van der Waals surface area contributed by atoms with Crippen LogP contribution >= 0.6 is 0 Å². The van der Waals surface area contributed by atoms with Crippen LogP contribution in [0.5, 0.6) is 0 Å². The van der Waals surface area contributed by atoms with Gasteiger partial charge < -0.3 is 5.11 Å². The molecule has 108 valence electrons. The van der Waals surface area contributed by atoms with E-state index in [4.69, 9.17) is 0 Å². The van der Waals surface area contributed by atoms with Gasteiger partial charge in [-0.1, -0.05) is 52.0 Å². The highest BCUT2D eigenvalue weighted by Crippen LogP contribution is 2.37. The van der Waals surface area contributed by atoms with Crippen LogP contribution in [-0.4, -0.2) is 10.1 Å². The van der Waals surface area contributed by atoms with Crippen molar-refractivity contribution in [1.29, 1.82) is 0 Å². The monoisotopic (exact) mass is 271 g/mol. The fraction of sp³-hybridized carbons (Fsp3) is 0.500. The Labute approximate surface area is 121 Å². The molecule has 2 rings (SSSR count). The standard InChI is InChI=1S/C18H25NO/c1-13(2)9-18(20,10-14(3)4)17-12-19-11-15-7-5-6-8-16(15)17/h5-8,11-14,20H,9-10H2,1-4H3. The molecule has 0 unspecified atom stereocenters. The lowest BCUT2D eigenvalue weighted by molar-refractivity contribution is -0.00339. The summed E-state index contributed by atoms with van der Waals surface area (Å²) >= 11 is 0. The molecule has 0 atom stereocenters. The summed E-state index contributed by atoms with van der Waals surface area (Å²) in [5.74, 6) is 0.885. The topological polar surface area (TPSA) is 33.1 Å². The van der Waals surface area contributed by atoms with Crippen molar-refractivity contribution in [1.82, 2.24) is 4.98 Å². The lowest BCUT2D eigenvalue weighted by atomic mass is 9.79. The molecule has 0 bridgehead atoms. The average Bonchev–Trinajstić information content (AvgIpc) is 2.36. The fourth-order valence-electron chi connectivity index (χ4n) is 3.14. The van der Waals surface area contributed by atoms with Gasteiger partial charge in [-0.05, 0) is 30.1 Å². The Bertz CT molecular complexity index is 559. The minimum absolute atomic E-state index is 0.442. The van der Waals surface area contributed by atoms with E-state index >= 15 is 0 Å². The molecule has 2 nitrogen and oxygen atoms in total. The van der Waals surface area contributed by atoms with Gasteiger partial charge in [0.25, 0.3) is 0 Å². The molecule has 0 saturated heterocycles. The quantitative estimate of drug-likeness (QED) is 0.867. The van der Waals surface area contributed by atoms with Crippen LogP contribution in [-0.2, 0) is 5.60 Å². The number of aromatic nitrogens is 1. The molecular weight excluding hydrogens is 246 g/mol. The third kappa shape index (κ3) is 3.18. The predicted molar refractivity (Wildman–Crippen MR) is 84.5 cm³/mol. The first-order chi connectivity index (χ1) is 9.42. The SMILES string of the molecule is CC(C)CC(O)(CC(C)C)c1cncc2ccccc12. The summed E-state index contributed by atoms with van der Waals surface area (Å²) in [4.78, 5) is 4.33. The summed E-state index contributed by atoms with van der Waals surface area (Å²) in [6.45, 7) is 8.63. The molecule has 0 spiro atoms. The number of hydrogen-bond acceptors (Lipinski definition) is 2. The van der Waals surface area contributed by atoms with Crippen LogP contribution in [0.3, 0.4) is 0 Å². The third-order valence-electron chi connectivity index (χ3n) is 3.66. The Kier molecular flexibility index (Phi) is 4.44. The van der Waals surface area contributed by atoms with E-state index in [0.717, 1.165) is 29.2 Å². The van der Waals surface area contributed by atoms with Crippen molar-refractivity contribution in [3.8, 4) is 0 Å². The maximum atomic E-state index is 11.3. The number of hydrogen-bond donors (Lipinski definition) is 1. The van der Waals surface area contributed by atoms with Crippen molar-refractivity contribution in [2.24, 2.45) is 11.8 Å². The minimum atomic E-state index is -0.795. The van der Waals surface area contributed by atoms with Crippen molar-refractivity contribution < 1.29 is 5.11 Å². The molecule has 0 amide bonds. The third-order valence-corrected chi connectivity index (χ3v) is 3.66. The summed E-state index contributed by atoms with van der Waals surface area (Å²) in [6.07, 6.45) is 5.23. The Morgan fingerprint density at radius 3 is 2.20 bits per heavy atom. The highest BCUT2D eigenvalue weighted by Gasteiger charge is 2.32. The molecule has 0 radical (unpaired) electrons. The number of fused-ring (bicyclic) bond motifs is 1. The van der Waals surface area contributed by atoms with Crippen LogP contribution in [0.2, 0.25) is 0 Å². The van der Waals surface area contributed by atoms with E-state index in [1.165, 1.54) is 0 Å². The van der Waals surface area contributed by atoms with Gasteiger partial charge in [0.1, 0.15) is 0 Å². The zero-order chi connectivity index (χ0) is 14.8. The number of nitrogens with zero attached hydrogens (tertiary/aromatic N) is 1. The molecule has 0 aliphatic carbocycles. The molecule has 1 N–H and O–H groups in total. The first kappa shape index (κ1) is 15.0. The maximum absolute atomic E-state index is 11.3. The molecule has 0 aliphatic heterocycles. The summed E-state index contributed by atoms with van der Waals surface area (Å²) in [5, 5.41) is 13.5.